The van der Waals surface area contributed by atoms with Crippen LogP contribution < -0.4 is 10.5 Å². The minimum absolute atomic E-state index is 0.0186. The van der Waals surface area contributed by atoms with Crippen molar-refractivity contribution in [1.82, 2.24) is 4.90 Å². The second-order valence-corrected chi connectivity index (χ2v) is 7.76. The number of hydrogen-bond acceptors (Lipinski definition) is 4. The zero-order valence-electron chi connectivity index (χ0n) is 14.3. The number of anilines is 1. The van der Waals surface area contributed by atoms with Gasteiger partial charge < -0.3 is 5.32 Å². The third-order valence-electron chi connectivity index (χ3n) is 4.27. The predicted octanol–water partition coefficient (Wildman–Crippen LogP) is 2.06. The van der Waals surface area contributed by atoms with Gasteiger partial charge in [0.05, 0.1) is 11.4 Å². The molecule has 0 spiro atoms. The first kappa shape index (κ1) is 18.3. The number of nitrogens with one attached hydrogen (secondary N) is 1. The van der Waals surface area contributed by atoms with Gasteiger partial charge in [-0.3, -0.25) is 9.69 Å². The number of amides is 1. The summed E-state index contributed by atoms with van der Waals surface area (Å²) >= 11 is 0. The van der Waals surface area contributed by atoms with Gasteiger partial charge in [0.1, 0.15) is 0 Å². The lowest BCUT2D eigenvalue weighted by molar-refractivity contribution is -0.117. The Morgan fingerprint density at radius 1 is 1.08 bits per heavy atom. The molecule has 0 bridgehead atoms. The van der Waals surface area contributed by atoms with E-state index in [4.69, 9.17) is 5.14 Å². The molecule has 0 saturated heterocycles. The van der Waals surface area contributed by atoms with Gasteiger partial charge in [0.25, 0.3) is 0 Å². The lowest BCUT2D eigenvalue weighted by atomic mass is 10.00. The van der Waals surface area contributed by atoms with Gasteiger partial charge in [-0.25, -0.2) is 13.6 Å². The molecular weight excluding hydrogens is 350 g/mol. The van der Waals surface area contributed by atoms with Crippen LogP contribution >= 0.6 is 0 Å². The number of hydrogen-bond donors (Lipinski definition) is 2. The predicted molar refractivity (Wildman–Crippen MR) is 102 cm³/mol. The molecule has 7 heteroatoms. The van der Waals surface area contributed by atoms with Gasteiger partial charge in [-0.05, 0) is 41.8 Å². The minimum atomic E-state index is -3.73. The molecule has 3 rings (SSSR count). The van der Waals surface area contributed by atoms with Crippen LogP contribution in [0.25, 0.3) is 5.57 Å². The van der Waals surface area contributed by atoms with E-state index in [1.54, 1.807) is 0 Å². The van der Waals surface area contributed by atoms with E-state index in [0.29, 0.717) is 5.69 Å². The van der Waals surface area contributed by atoms with Crippen LogP contribution in [0.4, 0.5) is 5.69 Å². The van der Waals surface area contributed by atoms with Gasteiger partial charge in [0, 0.05) is 18.8 Å². The minimum Gasteiger partial charge on any atom is -0.325 e. The number of benzene rings is 2. The summed E-state index contributed by atoms with van der Waals surface area (Å²) in [5, 5.41) is 7.83. The molecule has 2 aromatic rings. The quantitative estimate of drug-likeness (QED) is 0.841. The molecule has 6 nitrogen and oxygen atoms in total. The first-order chi connectivity index (χ1) is 12.4. The molecule has 0 radical (unpaired) electrons. The molecule has 0 fully saturated rings. The smallest absolute Gasteiger partial charge is 0.238 e. The summed E-state index contributed by atoms with van der Waals surface area (Å²) in [6.45, 7) is 1.83. The van der Waals surface area contributed by atoms with Crippen LogP contribution in [0, 0.1) is 0 Å². The number of carbonyl (C=O) groups is 1. The van der Waals surface area contributed by atoms with Crippen molar-refractivity contribution in [3.05, 3.63) is 66.2 Å². The van der Waals surface area contributed by atoms with E-state index in [-0.39, 0.29) is 17.3 Å². The molecule has 0 aromatic heterocycles. The van der Waals surface area contributed by atoms with Crippen LogP contribution in [0.15, 0.2) is 65.6 Å². The van der Waals surface area contributed by atoms with Crippen molar-refractivity contribution in [2.24, 2.45) is 5.14 Å². The molecule has 0 unspecified atom stereocenters. The van der Waals surface area contributed by atoms with Crippen molar-refractivity contribution >= 4 is 27.2 Å². The highest BCUT2D eigenvalue weighted by molar-refractivity contribution is 7.89. The number of nitrogens with two attached hydrogens (primary N) is 1. The van der Waals surface area contributed by atoms with Crippen LogP contribution in [0.3, 0.4) is 0 Å². The standard InChI is InChI=1S/C19H21N3O3S/c20-26(24,25)18-8-6-17(7-9-18)21-19(23)14-22-12-10-16(11-13-22)15-4-2-1-3-5-15/h1-10H,11-14H2,(H,21,23)(H2,20,24,25). The van der Waals surface area contributed by atoms with E-state index in [1.165, 1.54) is 35.4 Å². The third-order valence-corrected chi connectivity index (χ3v) is 5.20. The number of carbonyl (C=O) groups excluding carboxylic acids is 1. The fraction of sp³-hybridized carbons (Fsp3) is 0.211. The van der Waals surface area contributed by atoms with Gasteiger partial charge in [-0.1, -0.05) is 36.4 Å². The largest absolute Gasteiger partial charge is 0.325 e. The summed E-state index contributed by atoms with van der Waals surface area (Å²) in [7, 11) is -3.73. The van der Waals surface area contributed by atoms with Crippen LogP contribution in [-0.2, 0) is 14.8 Å². The topological polar surface area (TPSA) is 92.5 Å². The fourth-order valence-corrected chi connectivity index (χ4v) is 3.42. The van der Waals surface area contributed by atoms with E-state index in [1.807, 2.05) is 18.2 Å². The van der Waals surface area contributed by atoms with Gasteiger partial charge in [0.2, 0.25) is 15.9 Å². The van der Waals surface area contributed by atoms with Gasteiger partial charge in [-0.2, -0.15) is 0 Å². The molecule has 1 heterocycles. The average molecular weight is 371 g/mol. The van der Waals surface area contributed by atoms with Crippen molar-refractivity contribution in [2.75, 3.05) is 25.0 Å². The molecule has 1 aliphatic heterocycles. The lowest BCUT2D eigenvalue weighted by Crippen LogP contribution is -2.36. The van der Waals surface area contributed by atoms with E-state index in [2.05, 4.69) is 28.4 Å². The second-order valence-electron chi connectivity index (χ2n) is 6.20. The van der Waals surface area contributed by atoms with E-state index in [0.717, 1.165) is 19.5 Å². The van der Waals surface area contributed by atoms with Crippen LogP contribution in [0.5, 0.6) is 0 Å². The van der Waals surface area contributed by atoms with Crippen molar-refractivity contribution in [2.45, 2.75) is 11.3 Å². The Morgan fingerprint density at radius 3 is 2.35 bits per heavy atom. The highest BCUT2D eigenvalue weighted by atomic mass is 32.2. The first-order valence-electron chi connectivity index (χ1n) is 8.31. The zero-order valence-corrected chi connectivity index (χ0v) is 15.1. The molecule has 0 saturated carbocycles. The Balaban J connectivity index is 1.54. The molecule has 0 aliphatic carbocycles. The molecule has 26 heavy (non-hydrogen) atoms. The SMILES string of the molecule is NS(=O)(=O)c1ccc(NC(=O)CN2CC=C(c3ccccc3)CC2)cc1. The van der Waals surface area contributed by atoms with Gasteiger partial charge in [-0.15, -0.1) is 0 Å². The maximum atomic E-state index is 12.2. The maximum Gasteiger partial charge on any atom is 0.238 e. The number of sulfonamides is 1. The third kappa shape index (κ3) is 4.78. The number of nitrogens with zero attached hydrogens (tertiary/aromatic N) is 1. The fourth-order valence-electron chi connectivity index (χ4n) is 2.90. The van der Waals surface area contributed by atoms with Crippen molar-refractivity contribution in [3.63, 3.8) is 0 Å². The number of rotatable bonds is 5. The summed E-state index contributed by atoms with van der Waals surface area (Å²) in [4.78, 5) is 14.3. The highest BCUT2D eigenvalue weighted by Crippen LogP contribution is 2.22. The summed E-state index contributed by atoms with van der Waals surface area (Å²) in [5.74, 6) is -0.134. The monoisotopic (exact) mass is 371 g/mol. The first-order valence-corrected chi connectivity index (χ1v) is 9.86. The molecular formula is C19H21N3O3S. The van der Waals surface area contributed by atoms with Gasteiger partial charge in [0.15, 0.2) is 0 Å². The molecule has 3 N–H and O–H groups in total. The van der Waals surface area contributed by atoms with E-state index >= 15 is 0 Å². The normalized spacial score (nSPS) is 15.3. The molecule has 136 valence electrons. The Kier molecular flexibility index (Phi) is 5.51. The van der Waals surface area contributed by atoms with Crippen LogP contribution in [-0.4, -0.2) is 38.9 Å². The summed E-state index contributed by atoms with van der Waals surface area (Å²) in [6, 6.07) is 16.1. The second kappa shape index (κ2) is 7.82. The van der Waals surface area contributed by atoms with Crippen LogP contribution in [0.2, 0.25) is 0 Å². The maximum absolute atomic E-state index is 12.2. The van der Waals surface area contributed by atoms with E-state index in [9.17, 15) is 13.2 Å². The average Bonchev–Trinajstić information content (AvgIpc) is 2.63. The Morgan fingerprint density at radius 2 is 1.77 bits per heavy atom. The lowest BCUT2D eigenvalue weighted by Gasteiger charge is -2.25. The summed E-state index contributed by atoms with van der Waals surface area (Å²) in [6.07, 6.45) is 3.06. The van der Waals surface area contributed by atoms with Crippen molar-refractivity contribution in [1.29, 1.82) is 0 Å². The molecule has 1 aliphatic rings. The van der Waals surface area contributed by atoms with Gasteiger partial charge >= 0.3 is 0 Å². The van der Waals surface area contributed by atoms with Crippen molar-refractivity contribution in [3.8, 4) is 0 Å². The molecule has 1 amide bonds. The summed E-state index contributed by atoms with van der Waals surface area (Å²) in [5.41, 5.74) is 3.08. The summed E-state index contributed by atoms with van der Waals surface area (Å²) < 4.78 is 22.5. The van der Waals surface area contributed by atoms with Crippen molar-refractivity contribution < 1.29 is 13.2 Å². The molecule has 0 atom stereocenters. The van der Waals surface area contributed by atoms with Crippen LogP contribution in [0.1, 0.15) is 12.0 Å². The highest BCUT2D eigenvalue weighted by Gasteiger charge is 2.16. The number of primary sulfonamides is 1. The van der Waals surface area contributed by atoms with E-state index < -0.39 is 10.0 Å². The zero-order chi connectivity index (χ0) is 18.6. The molecule has 2 aromatic carbocycles. The Labute approximate surface area is 153 Å². The Hall–Kier alpha value is -2.48. The Bertz CT molecular complexity index is 907.